The first-order valence-corrected chi connectivity index (χ1v) is 14.0. The van der Waals surface area contributed by atoms with Crippen LogP contribution in [0.2, 0.25) is 5.04 Å². The van der Waals surface area contributed by atoms with Gasteiger partial charge in [0.25, 0.3) is 8.32 Å². The number of hydrogen-bond acceptors (Lipinski definition) is 3. The molecule has 182 valence electrons. The van der Waals surface area contributed by atoms with Gasteiger partial charge in [-0.3, -0.25) is 4.90 Å². The monoisotopic (exact) mass is 479 g/mol. The van der Waals surface area contributed by atoms with E-state index in [4.69, 9.17) is 4.43 Å². The predicted molar refractivity (Wildman–Crippen MR) is 142 cm³/mol. The minimum absolute atomic E-state index is 0.135. The van der Waals surface area contributed by atoms with Gasteiger partial charge in [0.2, 0.25) is 0 Å². The van der Waals surface area contributed by atoms with Gasteiger partial charge in [-0.2, -0.15) is 0 Å². The lowest BCUT2D eigenvalue weighted by Crippen LogP contribution is -2.66. The van der Waals surface area contributed by atoms with Gasteiger partial charge in [-0.15, -0.1) is 0 Å². The van der Waals surface area contributed by atoms with Crippen LogP contribution in [-0.4, -0.2) is 50.9 Å². The second kappa shape index (κ2) is 11.9. The first kappa shape index (κ1) is 26.3. The van der Waals surface area contributed by atoms with Gasteiger partial charge < -0.3 is 9.53 Å². The van der Waals surface area contributed by atoms with Crippen LogP contribution in [0.25, 0.3) is 0 Å². The summed E-state index contributed by atoms with van der Waals surface area (Å²) in [5.41, 5.74) is 1.03. The second-order valence-electron chi connectivity index (χ2n) is 10.0. The molecule has 3 nitrogen and oxygen atoms in total. The highest BCUT2D eigenvalue weighted by Gasteiger charge is 2.50. The number of alkyl halides is 1. The highest BCUT2D eigenvalue weighted by atomic mass is 28.4. The molecule has 2 atom stereocenters. The topological polar surface area (TPSA) is 32.7 Å². The highest BCUT2D eigenvalue weighted by Crippen LogP contribution is 2.36. The summed E-state index contributed by atoms with van der Waals surface area (Å²) >= 11 is 0. The van der Waals surface area contributed by atoms with Crippen LogP contribution in [0, 0.1) is 0 Å². The van der Waals surface area contributed by atoms with Crippen LogP contribution in [0.4, 0.5) is 4.39 Å². The lowest BCUT2D eigenvalue weighted by molar-refractivity contribution is 0.00634. The van der Waals surface area contributed by atoms with E-state index in [1.807, 2.05) is 42.5 Å². The third-order valence-electron chi connectivity index (χ3n) is 6.42. The highest BCUT2D eigenvalue weighted by molar-refractivity contribution is 6.99. The summed E-state index contributed by atoms with van der Waals surface area (Å²) in [5.74, 6) is 0. The largest absolute Gasteiger partial charge is 0.407 e. The Morgan fingerprint density at radius 2 is 1.32 bits per heavy atom. The molecule has 3 rings (SSSR count). The smallest absolute Gasteiger partial charge is 0.261 e. The maximum absolute atomic E-state index is 15.0. The number of aliphatic hydroxyl groups excluding tert-OH is 1. The van der Waals surface area contributed by atoms with Crippen LogP contribution < -0.4 is 10.4 Å². The molecule has 3 aromatic carbocycles. The van der Waals surface area contributed by atoms with Crippen molar-refractivity contribution in [3.05, 3.63) is 96.6 Å². The number of rotatable bonds is 11. The van der Waals surface area contributed by atoms with Crippen molar-refractivity contribution in [1.82, 2.24) is 4.90 Å². The van der Waals surface area contributed by atoms with Crippen LogP contribution in [0.15, 0.2) is 91.0 Å². The van der Waals surface area contributed by atoms with Crippen molar-refractivity contribution < 1.29 is 13.9 Å². The Balaban J connectivity index is 1.69. The molecule has 0 heterocycles. The normalized spacial score (nSPS) is 14.2. The summed E-state index contributed by atoms with van der Waals surface area (Å²) in [7, 11) is -0.892. The van der Waals surface area contributed by atoms with Gasteiger partial charge in [0, 0.05) is 26.0 Å². The van der Waals surface area contributed by atoms with E-state index < -0.39 is 20.7 Å². The summed E-state index contributed by atoms with van der Waals surface area (Å²) in [6.45, 7) is 7.16. The van der Waals surface area contributed by atoms with Gasteiger partial charge in [-0.05, 0) is 28.0 Å². The van der Waals surface area contributed by atoms with Crippen molar-refractivity contribution in [3.63, 3.8) is 0 Å². The van der Waals surface area contributed by atoms with Gasteiger partial charge in [-0.25, -0.2) is 4.39 Å². The van der Waals surface area contributed by atoms with Gasteiger partial charge in [0.1, 0.15) is 12.4 Å². The standard InChI is InChI=1S/C29H38FNO2Si/c1-29(2,3)34(26-16-10-6-11-17-26,27-18-12-7-13-19-27)33-21-20-25(30)23-31(4)28(32)22-24-14-8-5-9-15-24/h5-19,25,28,32H,20-23H2,1-4H3. The summed E-state index contributed by atoms with van der Waals surface area (Å²) in [6, 6.07) is 30.6. The van der Waals surface area contributed by atoms with E-state index in [1.165, 1.54) is 10.4 Å². The molecule has 0 aliphatic heterocycles. The van der Waals surface area contributed by atoms with E-state index in [9.17, 15) is 5.11 Å². The molecule has 0 saturated carbocycles. The second-order valence-corrected chi connectivity index (χ2v) is 14.3. The van der Waals surface area contributed by atoms with Crippen molar-refractivity contribution >= 4 is 18.7 Å². The van der Waals surface area contributed by atoms with Gasteiger partial charge >= 0.3 is 0 Å². The van der Waals surface area contributed by atoms with Crippen molar-refractivity contribution in [2.75, 3.05) is 20.2 Å². The van der Waals surface area contributed by atoms with Crippen LogP contribution >= 0.6 is 0 Å². The van der Waals surface area contributed by atoms with Crippen molar-refractivity contribution in [2.45, 2.75) is 51.1 Å². The third kappa shape index (κ3) is 6.42. The van der Waals surface area contributed by atoms with Crippen LogP contribution in [-0.2, 0) is 10.8 Å². The molecule has 0 bridgehead atoms. The quantitative estimate of drug-likeness (QED) is 0.317. The molecule has 34 heavy (non-hydrogen) atoms. The van der Waals surface area contributed by atoms with E-state index in [-0.39, 0.29) is 18.0 Å². The minimum atomic E-state index is -2.66. The fourth-order valence-corrected chi connectivity index (χ4v) is 9.19. The van der Waals surface area contributed by atoms with E-state index in [0.717, 1.165) is 5.56 Å². The zero-order valence-corrected chi connectivity index (χ0v) is 21.8. The molecule has 3 aromatic rings. The number of halogens is 1. The molecule has 0 aromatic heterocycles. The molecule has 2 unspecified atom stereocenters. The van der Waals surface area contributed by atoms with Crippen LogP contribution in [0.3, 0.4) is 0 Å². The van der Waals surface area contributed by atoms with Gasteiger partial charge in [0.05, 0.1) is 0 Å². The first-order valence-electron chi connectivity index (χ1n) is 12.1. The van der Waals surface area contributed by atoms with E-state index >= 15 is 4.39 Å². The minimum Gasteiger partial charge on any atom is -0.407 e. The summed E-state index contributed by atoms with van der Waals surface area (Å²) < 4.78 is 21.8. The van der Waals surface area contributed by atoms with Gasteiger partial charge in [0.15, 0.2) is 0 Å². The molecule has 0 aliphatic rings. The van der Waals surface area contributed by atoms with Crippen molar-refractivity contribution in [1.29, 1.82) is 0 Å². The number of hydrogen-bond donors (Lipinski definition) is 1. The molecular formula is C29H38FNO2Si. The zero-order valence-electron chi connectivity index (χ0n) is 20.8. The number of aliphatic hydroxyl groups is 1. The van der Waals surface area contributed by atoms with Crippen molar-refractivity contribution in [2.24, 2.45) is 0 Å². The Morgan fingerprint density at radius 3 is 1.79 bits per heavy atom. The summed E-state index contributed by atoms with van der Waals surface area (Å²) in [6.07, 6.45) is -1.05. The zero-order chi connectivity index (χ0) is 24.6. The maximum Gasteiger partial charge on any atom is 0.261 e. The van der Waals surface area contributed by atoms with E-state index in [2.05, 4.69) is 69.3 Å². The molecule has 0 fully saturated rings. The fourth-order valence-electron chi connectivity index (χ4n) is 4.61. The Hall–Kier alpha value is -2.31. The van der Waals surface area contributed by atoms with Crippen LogP contribution in [0.5, 0.6) is 0 Å². The molecule has 0 amide bonds. The lowest BCUT2D eigenvalue weighted by atomic mass is 10.1. The number of benzene rings is 3. The molecule has 0 spiro atoms. The lowest BCUT2D eigenvalue weighted by Gasteiger charge is -2.43. The molecule has 5 heteroatoms. The summed E-state index contributed by atoms with van der Waals surface area (Å²) in [5, 5.41) is 12.8. The molecule has 0 saturated heterocycles. The van der Waals surface area contributed by atoms with E-state index in [0.29, 0.717) is 13.0 Å². The average Bonchev–Trinajstić information content (AvgIpc) is 2.83. The molecule has 0 aliphatic carbocycles. The Bertz CT molecular complexity index is 940. The SMILES string of the molecule is CN(CC(F)CCO[Si](c1ccccc1)(c1ccccc1)C(C)(C)C)C(O)Cc1ccccc1. The number of nitrogens with zero attached hydrogens (tertiary/aromatic N) is 1. The predicted octanol–water partition coefficient (Wildman–Crippen LogP) is 4.78. The molecule has 0 radical (unpaired) electrons. The molecular weight excluding hydrogens is 441 g/mol. The fraction of sp³-hybridized carbons (Fsp3) is 0.379. The van der Waals surface area contributed by atoms with Crippen molar-refractivity contribution in [3.8, 4) is 0 Å². The van der Waals surface area contributed by atoms with Crippen LogP contribution in [0.1, 0.15) is 32.8 Å². The summed E-state index contributed by atoms with van der Waals surface area (Å²) in [4.78, 5) is 1.68. The number of likely N-dealkylation sites (N-methyl/N-ethyl adjacent to an activating group) is 1. The Kier molecular flexibility index (Phi) is 9.20. The van der Waals surface area contributed by atoms with Gasteiger partial charge in [-0.1, -0.05) is 112 Å². The Labute approximate surface area is 205 Å². The first-order chi connectivity index (χ1) is 16.2. The third-order valence-corrected chi connectivity index (χ3v) is 11.5. The Morgan fingerprint density at radius 1 is 0.853 bits per heavy atom. The molecule has 1 N–H and O–H groups in total. The maximum atomic E-state index is 15.0. The van der Waals surface area contributed by atoms with E-state index in [1.54, 1.807) is 11.9 Å². The average molecular weight is 480 g/mol.